The number of aromatic nitrogens is 1. The van der Waals surface area contributed by atoms with Crippen LogP contribution in [0.5, 0.6) is 0 Å². The summed E-state index contributed by atoms with van der Waals surface area (Å²) < 4.78 is 0. The molecule has 3 heteroatoms. The Hall–Kier alpha value is -2.94. The van der Waals surface area contributed by atoms with E-state index in [1.807, 2.05) is 42.5 Å². The molecule has 1 N–H and O–H groups in total. The number of carbonyl (C=O) groups excluding carboxylic acids is 1. The minimum Gasteiger partial charge on any atom is -0.349 e. The molecule has 0 atom stereocenters. The first kappa shape index (κ1) is 14.6. The molecule has 0 aliphatic heterocycles. The van der Waals surface area contributed by atoms with E-state index in [2.05, 4.69) is 34.6 Å². The average Bonchev–Trinajstić information content (AvgIpc) is 3.05. The van der Waals surface area contributed by atoms with Crippen molar-refractivity contribution < 1.29 is 4.79 Å². The average molecular weight is 314 g/mol. The quantitative estimate of drug-likeness (QED) is 0.802. The van der Waals surface area contributed by atoms with Gasteiger partial charge in [-0.25, -0.2) is 0 Å². The van der Waals surface area contributed by atoms with Crippen molar-refractivity contribution in [1.82, 2.24) is 10.3 Å². The lowest BCUT2D eigenvalue weighted by Crippen LogP contribution is -2.35. The van der Waals surface area contributed by atoms with Crippen molar-refractivity contribution >= 4 is 5.91 Å². The van der Waals surface area contributed by atoms with Gasteiger partial charge in [0.1, 0.15) is 0 Å². The van der Waals surface area contributed by atoms with Gasteiger partial charge in [0.05, 0.1) is 5.69 Å². The molecule has 4 rings (SSSR count). The summed E-state index contributed by atoms with van der Waals surface area (Å²) in [6.07, 6.45) is 3.57. The van der Waals surface area contributed by atoms with Gasteiger partial charge in [-0.3, -0.25) is 9.78 Å². The zero-order chi connectivity index (χ0) is 16.4. The summed E-state index contributed by atoms with van der Waals surface area (Å²) >= 11 is 0. The molecule has 24 heavy (non-hydrogen) atoms. The number of nitrogens with zero attached hydrogens (tertiary/aromatic N) is 1. The number of rotatable bonds is 3. The van der Waals surface area contributed by atoms with Crippen molar-refractivity contribution in [3.63, 3.8) is 0 Å². The van der Waals surface area contributed by atoms with Gasteiger partial charge >= 0.3 is 0 Å². The zero-order valence-electron chi connectivity index (χ0n) is 13.3. The van der Waals surface area contributed by atoms with E-state index in [4.69, 9.17) is 0 Å². The van der Waals surface area contributed by atoms with E-state index < -0.39 is 0 Å². The van der Waals surface area contributed by atoms with E-state index in [1.54, 1.807) is 6.20 Å². The number of nitrogens with one attached hydrogen (secondary N) is 1. The van der Waals surface area contributed by atoms with Crippen LogP contribution >= 0.6 is 0 Å². The lowest BCUT2D eigenvalue weighted by Gasteiger charge is -2.12. The van der Waals surface area contributed by atoms with Gasteiger partial charge in [-0.05, 0) is 48.2 Å². The van der Waals surface area contributed by atoms with Crippen LogP contribution in [0.1, 0.15) is 21.5 Å². The highest BCUT2D eigenvalue weighted by molar-refractivity contribution is 5.95. The summed E-state index contributed by atoms with van der Waals surface area (Å²) in [4.78, 5) is 17.0. The minimum absolute atomic E-state index is 0.0226. The van der Waals surface area contributed by atoms with Gasteiger partial charge in [-0.15, -0.1) is 0 Å². The molecule has 0 bridgehead atoms. The van der Waals surface area contributed by atoms with Crippen LogP contribution in [-0.4, -0.2) is 16.9 Å². The number of pyridine rings is 1. The summed E-state index contributed by atoms with van der Waals surface area (Å²) in [5.41, 5.74) is 5.18. The third-order valence-corrected chi connectivity index (χ3v) is 4.47. The smallest absolute Gasteiger partial charge is 0.251 e. The molecule has 1 aliphatic carbocycles. The predicted molar refractivity (Wildman–Crippen MR) is 94.8 cm³/mol. The van der Waals surface area contributed by atoms with E-state index in [-0.39, 0.29) is 11.9 Å². The van der Waals surface area contributed by atoms with E-state index in [1.165, 1.54) is 11.1 Å². The van der Waals surface area contributed by atoms with E-state index in [0.29, 0.717) is 5.56 Å². The Bertz CT molecular complexity index is 849. The van der Waals surface area contributed by atoms with E-state index >= 15 is 0 Å². The molecular weight excluding hydrogens is 296 g/mol. The maximum Gasteiger partial charge on any atom is 0.251 e. The third-order valence-electron chi connectivity index (χ3n) is 4.47. The minimum atomic E-state index is -0.0226. The second kappa shape index (κ2) is 6.28. The topological polar surface area (TPSA) is 42.0 Å². The second-order valence-electron chi connectivity index (χ2n) is 6.14. The van der Waals surface area contributed by atoms with Crippen molar-refractivity contribution in [2.75, 3.05) is 0 Å². The first-order chi connectivity index (χ1) is 11.8. The molecule has 0 saturated heterocycles. The summed E-state index contributed by atoms with van der Waals surface area (Å²) in [5.74, 6) is -0.0226. The number of amides is 1. The van der Waals surface area contributed by atoms with Crippen LogP contribution in [0.4, 0.5) is 0 Å². The third kappa shape index (κ3) is 2.93. The first-order valence-electron chi connectivity index (χ1n) is 8.19. The molecule has 2 aromatic carbocycles. The fraction of sp³-hybridized carbons (Fsp3) is 0.143. The summed E-state index contributed by atoms with van der Waals surface area (Å²) in [6, 6.07) is 22.0. The maximum atomic E-state index is 12.6. The van der Waals surface area contributed by atoms with Gasteiger partial charge in [0, 0.05) is 23.4 Å². The molecule has 0 saturated carbocycles. The lowest BCUT2D eigenvalue weighted by atomic mass is 10.1. The highest BCUT2D eigenvalue weighted by atomic mass is 16.1. The lowest BCUT2D eigenvalue weighted by molar-refractivity contribution is 0.0938. The summed E-state index contributed by atoms with van der Waals surface area (Å²) in [7, 11) is 0. The maximum absolute atomic E-state index is 12.6. The van der Waals surface area contributed by atoms with Crippen LogP contribution in [0, 0.1) is 0 Å². The monoisotopic (exact) mass is 314 g/mol. The zero-order valence-corrected chi connectivity index (χ0v) is 13.3. The number of hydrogen-bond donors (Lipinski definition) is 1. The van der Waals surface area contributed by atoms with Gasteiger partial charge in [0.2, 0.25) is 0 Å². The van der Waals surface area contributed by atoms with E-state index in [9.17, 15) is 4.79 Å². The second-order valence-corrected chi connectivity index (χ2v) is 6.14. The van der Waals surface area contributed by atoms with Crippen LogP contribution in [0.2, 0.25) is 0 Å². The largest absolute Gasteiger partial charge is 0.349 e. The van der Waals surface area contributed by atoms with Crippen LogP contribution in [-0.2, 0) is 12.8 Å². The predicted octanol–water partition coefficient (Wildman–Crippen LogP) is 3.65. The van der Waals surface area contributed by atoms with Crippen molar-refractivity contribution in [1.29, 1.82) is 0 Å². The van der Waals surface area contributed by atoms with Gasteiger partial charge in [0.15, 0.2) is 0 Å². The Morgan fingerprint density at radius 2 is 1.67 bits per heavy atom. The van der Waals surface area contributed by atoms with Crippen molar-refractivity contribution in [2.45, 2.75) is 18.9 Å². The highest BCUT2D eigenvalue weighted by Gasteiger charge is 2.22. The van der Waals surface area contributed by atoms with Gasteiger partial charge < -0.3 is 5.32 Å². The van der Waals surface area contributed by atoms with Crippen LogP contribution in [0.15, 0.2) is 72.9 Å². The number of fused-ring (bicyclic) bond motifs is 1. The van der Waals surface area contributed by atoms with Gasteiger partial charge in [0.25, 0.3) is 5.91 Å². The molecule has 1 amide bonds. The standard InChI is InChI=1S/C21H18N2O/c24-21(23-19-13-15-6-1-2-7-16(15)14-19)18-9-5-8-17(12-18)20-10-3-4-11-22-20/h1-12,19H,13-14H2,(H,23,24). The molecule has 0 radical (unpaired) electrons. The Morgan fingerprint density at radius 1 is 0.917 bits per heavy atom. The Balaban J connectivity index is 1.50. The molecule has 0 spiro atoms. The normalized spacial score (nSPS) is 13.5. The van der Waals surface area contributed by atoms with Crippen LogP contribution in [0.3, 0.4) is 0 Å². The molecule has 3 aromatic rings. The SMILES string of the molecule is O=C(NC1Cc2ccccc2C1)c1cccc(-c2ccccn2)c1. The Kier molecular flexibility index (Phi) is 3.83. The molecule has 1 aliphatic rings. The van der Waals surface area contributed by atoms with Crippen molar-refractivity contribution in [3.05, 3.63) is 89.6 Å². The molecular formula is C21H18N2O. The Morgan fingerprint density at radius 3 is 2.38 bits per heavy atom. The molecule has 3 nitrogen and oxygen atoms in total. The van der Waals surface area contributed by atoms with Gasteiger partial charge in [-0.1, -0.05) is 42.5 Å². The van der Waals surface area contributed by atoms with Crippen molar-refractivity contribution in [3.8, 4) is 11.3 Å². The molecule has 1 heterocycles. The number of hydrogen-bond acceptors (Lipinski definition) is 2. The molecule has 118 valence electrons. The summed E-state index contributed by atoms with van der Waals surface area (Å²) in [6.45, 7) is 0. The van der Waals surface area contributed by atoms with Crippen LogP contribution in [0.25, 0.3) is 11.3 Å². The molecule has 0 fully saturated rings. The van der Waals surface area contributed by atoms with E-state index in [0.717, 1.165) is 24.1 Å². The molecule has 0 unspecified atom stereocenters. The summed E-state index contributed by atoms with van der Waals surface area (Å²) in [5, 5.41) is 3.16. The fourth-order valence-electron chi connectivity index (χ4n) is 3.28. The van der Waals surface area contributed by atoms with Crippen molar-refractivity contribution in [2.24, 2.45) is 0 Å². The molecule has 1 aromatic heterocycles. The number of carbonyl (C=O) groups is 1. The highest BCUT2D eigenvalue weighted by Crippen LogP contribution is 2.22. The van der Waals surface area contributed by atoms with Gasteiger partial charge in [-0.2, -0.15) is 0 Å². The fourth-order valence-corrected chi connectivity index (χ4v) is 3.28. The first-order valence-corrected chi connectivity index (χ1v) is 8.19. The van der Waals surface area contributed by atoms with Crippen LogP contribution < -0.4 is 5.32 Å². The number of benzene rings is 2. The Labute approximate surface area is 141 Å².